The molecule has 3 aliphatic heterocycles. The Hall–Kier alpha value is -2.61. The summed E-state index contributed by atoms with van der Waals surface area (Å²) in [6, 6.07) is 5.36. The van der Waals surface area contributed by atoms with Gasteiger partial charge in [-0.05, 0) is 50.3 Å². The van der Waals surface area contributed by atoms with E-state index >= 15 is 0 Å². The van der Waals surface area contributed by atoms with E-state index in [1.54, 1.807) is 18.1 Å². The van der Waals surface area contributed by atoms with Crippen molar-refractivity contribution in [2.75, 3.05) is 56.2 Å². The lowest BCUT2D eigenvalue weighted by Gasteiger charge is -2.45. The van der Waals surface area contributed by atoms with Crippen molar-refractivity contribution in [3.8, 4) is 0 Å². The van der Waals surface area contributed by atoms with Crippen LogP contribution in [0.4, 0.5) is 11.4 Å². The molecule has 2 saturated heterocycles. The summed E-state index contributed by atoms with van der Waals surface area (Å²) in [5, 5.41) is 2.79. The maximum absolute atomic E-state index is 13.3. The Balaban J connectivity index is 1.63. The van der Waals surface area contributed by atoms with Gasteiger partial charge >= 0.3 is 0 Å². The summed E-state index contributed by atoms with van der Waals surface area (Å²) in [6.07, 6.45) is 4.88. The first-order chi connectivity index (χ1) is 14.6. The van der Waals surface area contributed by atoms with Crippen LogP contribution in [0.25, 0.3) is 0 Å². The molecule has 3 amide bonds. The number of hydrogen-bond acceptors (Lipinski definition) is 5. The summed E-state index contributed by atoms with van der Waals surface area (Å²) in [6.45, 7) is 3.12. The lowest BCUT2D eigenvalue weighted by Crippen LogP contribution is -2.57. The van der Waals surface area contributed by atoms with Crippen molar-refractivity contribution in [2.24, 2.45) is 0 Å². The maximum atomic E-state index is 13.3. The average molecular weight is 415 g/mol. The summed E-state index contributed by atoms with van der Waals surface area (Å²) in [7, 11) is 1.58. The fraction of sp³-hybridized carbons (Fsp3) is 0.591. The number of hydrogen-bond donors (Lipinski definition) is 1. The normalized spacial score (nSPS) is 20.8. The number of carbonyl (C=O) groups excluding carboxylic acids is 3. The molecule has 1 aromatic rings. The number of piperidine rings is 1. The van der Waals surface area contributed by atoms with E-state index in [4.69, 9.17) is 4.74 Å². The largest absolute Gasteiger partial charge is 0.383 e. The fourth-order valence-electron chi connectivity index (χ4n) is 4.65. The molecule has 3 aliphatic rings. The van der Waals surface area contributed by atoms with Gasteiger partial charge in [-0.2, -0.15) is 0 Å². The third kappa shape index (κ3) is 4.01. The van der Waals surface area contributed by atoms with Gasteiger partial charge in [0.15, 0.2) is 0 Å². The molecule has 0 aliphatic carbocycles. The van der Waals surface area contributed by atoms with Crippen molar-refractivity contribution in [1.29, 1.82) is 0 Å². The maximum Gasteiger partial charge on any atom is 0.253 e. The van der Waals surface area contributed by atoms with Gasteiger partial charge in [0.1, 0.15) is 12.6 Å². The first kappa shape index (κ1) is 20.7. The lowest BCUT2D eigenvalue weighted by molar-refractivity contribution is -0.125. The van der Waals surface area contributed by atoms with Crippen molar-refractivity contribution >= 4 is 29.1 Å². The molecule has 4 rings (SSSR count). The average Bonchev–Trinajstić information content (AvgIpc) is 3.31. The summed E-state index contributed by atoms with van der Waals surface area (Å²) in [5.41, 5.74) is 2.16. The molecule has 0 radical (unpaired) electrons. The van der Waals surface area contributed by atoms with Crippen LogP contribution in [0.3, 0.4) is 0 Å². The van der Waals surface area contributed by atoms with Gasteiger partial charge in [0.05, 0.1) is 18.0 Å². The van der Waals surface area contributed by atoms with E-state index < -0.39 is 0 Å². The molecule has 8 nitrogen and oxygen atoms in total. The number of methoxy groups -OCH3 is 1. The quantitative estimate of drug-likeness (QED) is 0.712. The van der Waals surface area contributed by atoms with Crippen molar-refractivity contribution in [3.63, 3.8) is 0 Å². The molecule has 3 heterocycles. The zero-order valence-electron chi connectivity index (χ0n) is 17.6. The highest BCUT2D eigenvalue weighted by Crippen LogP contribution is 2.40. The predicted octanol–water partition coefficient (Wildman–Crippen LogP) is 1.39. The van der Waals surface area contributed by atoms with Gasteiger partial charge in [-0.3, -0.25) is 19.3 Å². The highest BCUT2D eigenvalue weighted by Gasteiger charge is 2.40. The highest BCUT2D eigenvalue weighted by molar-refractivity contribution is 6.09. The molecule has 0 unspecified atom stereocenters. The van der Waals surface area contributed by atoms with Gasteiger partial charge in [0.25, 0.3) is 5.91 Å². The van der Waals surface area contributed by atoms with Gasteiger partial charge in [0, 0.05) is 38.9 Å². The molecule has 30 heavy (non-hydrogen) atoms. The Kier molecular flexibility index (Phi) is 6.22. The second kappa shape index (κ2) is 9.04. The molecular formula is C22H30N4O4. The number of ether oxygens (including phenoxy) is 1. The second-order valence-electron chi connectivity index (χ2n) is 8.17. The van der Waals surface area contributed by atoms with Crippen LogP contribution in [0, 0.1) is 0 Å². The van der Waals surface area contributed by atoms with Crippen LogP contribution in [0.1, 0.15) is 42.5 Å². The summed E-state index contributed by atoms with van der Waals surface area (Å²) >= 11 is 0. The first-order valence-electron chi connectivity index (χ1n) is 10.9. The van der Waals surface area contributed by atoms with Crippen LogP contribution in [-0.2, 0) is 14.3 Å². The molecule has 1 N–H and O–H groups in total. The van der Waals surface area contributed by atoms with Crippen LogP contribution >= 0.6 is 0 Å². The number of amides is 3. The van der Waals surface area contributed by atoms with E-state index in [-0.39, 0.29) is 30.3 Å². The monoisotopic (exact) mass is 414 g/mol. The minimum absolute atomic E-state index is 0.00647. The number of carbonyl (C=O) groups is 3. The number of benzene rings is 1. The van der Waals surface area contributed by atoms with Gasteiger partial charge < -0.3 is 19.9 Å². The Morgan fingerprint density at radius 3 is 2.63 bits per heavy atom. The van der Waals surface area contributed by atoms with Crippen LogP contribution in [0.5, 0.6) is 0 Å². The molecule has 2 fully saturated rings. The Morgan fingerprint density at radius 2 is 1.87 bits per heavy atom. The molecule has 1 aromatic carbocycles. The number of likely N-dealkylation sites (tertiary alicyclic amines) is 1. The topological polar surface area (TPSA) is 82.2 Å². The molecule has 0 spiro atoms. The van der Waals surface area contributed by atoms with E-state index in [2.05, 4.69) is 10.2 Å². The third-order valence-electron chi connectivity index (χ3n) is 6.20. The van der Waals surface area contributed by atoms with Crippen LogP contribution in [0.15, 0.2) is 18.2 Å². The van der Waals surface area contributed by atoms with Gasteiger partial charge in [-0.15, -0.1) is 0 Å². The highest BCUT2D eigenvalue weighted by atomic mass is 16.5. The Labute approximate surface area is 177 Å². The summed E-state index contributed by atoms with van der Waals surface area (Å²) in [4.78, 5) is 44.3. The standard InChI is InChI=1S/C22H30N4O4/c1-30-13-9-23-20(27)15-26-19-14-16(21(28)24-10-4-5-11-24)7-8-17(19)25-12-3-2-6-18(25)22(26)29/h7-8,14,18H,2-6,9-13,15H2,1H3,(H,23,27)/t18-/m1/s1. The van der Waals surface area contributed by atoms with Crippen molar-refractivity contribution in [3.05, 3.63) is 23.8 Å². The smallest absolute Gasteiger partial charge is 0.253 e. The minimum Gasteiger partial charge on any atom is -0.383 e. The van der Waals surface area contributed by atoms with Gasteiger partial charge in [0.2, 0.25) is 11.8 Å². The SMILES string of the molecule is COCCNC(=O)CN1C(=O)[C@H]2CCCCN2c2ccc(C(=O)N3CCCC3)cc21. The number of nitrogens with zero attached hydrogens (tertiary/aromatic N) is 3. The minimum atomic E-state index is -0.238. The van der Waals surface area contributed by atoms with Crippen molar-refractivity contribution < 1.29 is 19.1 Å². The van der Waals surface area contributed by atoms with E-state index in [1.807, 2.05) is 17.0 Å². The third-order valence-corrected chi connectivity index (χ3v) is 6.20. The predicted molar refractivity (Wildman–Crippen MR) is 114 cm³/mol. The molecule has 8 heteroatoms. The number of anilines is 2. The van der Waals surface area contributed by atoms with Crippen LogP contribution in [0.2, 0.25) is 0 Å². The van der Waals surface area contributed by atoms with Gasteiger partial charge in [-0.1, -0.05) is 0 Å². The van der Waals surface area contributed by atoms with E-state index in [1.165, 1.54) is 0 Å². The number of fused-ring (bicyclic) bond motifs is 3. The van der Waals surface area contributed by atoms with Crippen LogP contribution < -0.4 is 15.1 Å². The zero-order valence-corrected chi connectivity index (χ0v) is 17.6. The lowest BCUT2D eigenvalue weighted by atomic mass is 9.95. The fourth-order valence-corrected chi connectivity index (χ4v) is 4.65. The molecule has 162 valence electrons. The number of nitrogens with one attached hydrogen (secondary N) is 1. The first-order valence-corrected chi connectivity index (χ1v) is 10.9. The second-order valence-corrected chi connectivity index (χ2v) is 8.17. The van der Waals surface area contributed by atoms with E-state index in [9.17, 15) is 14.4 Å². The van der Waals surface area contributed by atoms with Crippen molar-refractivity contribution in [1.82, 2.24) is 10.2 Å². The summed E-state index contributed by atoms with van der Waals surface area (Å²) in [5.74, 6) is -0.297. The zero-order chi connectivity index (χ0) is 21.1. The Bertz CT molecular complexity index is 821. The van der Waals surface area contributed by atoms with Crippen LogP contribution in [-0.4, -0.2) is 75.1 Å². The van der Waals surface area contributed by atoms with E-state index in [0.29, 0.717) is 24.4 Å². The number of rotatable bonds is 6. The molecule has 0 saturated carbocycles. The molecule has 0 aromatic heterocycles. The molecule has 1 atom stereocenters. The summed E-state index contributed by atoms with van der Waals surface area (Å²) < 4.78 is 4.98. The van der Waals surface area contributed by atoms with Crippen molar-refractivity contribution in [2.45, 2.75) is 38.1 Å². The van der Waals surface area contributed by atoms with E-state index in [0.717, 1.165) is 57.4 Å². The molecular weight excluding hydrogens is 384 g/mol. The molecule has 0 bridgehead atoms. The Morgan fingerprint density at radius 1 is 1.10 bits per heavy atom. The van der Waals surface area contributed by atoms with Gasteiger partial charge in [-0.25, -0.2) is 0 Å².